The summed E-state index contributed by atoms with van der Waals surface area (Å²) >= 11 is 0. The topological polar surface area (TPSA) is 95.4 Å². The lowest BCUT2D eigenvalue weighted by molar-refractivity contribution is 0.249. The molecule has 0 unspecified atom stereocenters. The number of piperidine rings is 1. The zero-order valence-electron chi connectivity index (χ0n) is 21.4. The van der Waals surface area contributed by atoms with Crippen molar-refractivity contribution in [1.82, 2.24) is 19.4 Å². The van der Waals surface area contributed by atoms with E-state index in [1.54, 1.807) is 12.3 Å². The summed E-state index contributed by atoms with van der Waals surface area (Å²) in [6, 6.07) is 18.4. The lowest BCUT2D eigenvalue weighted by Crippen LogP contribution is -2.41. The average Bonchev–Trinajstić information content (AvgIpc) is 3.27. The van der Waals surface area contributed by atoms with Gasteiger partial charge in [0.25, 0.3) is 0 Å². The lowest BCUT2D eigenvalue weighted by Gasteiger charge is -2.36. The fraction of sp³-hybridized carbons (Fsp3) is 0.333. The number of hydrogen-bond acceptors (Lipinski definition) is 7. The highest BCUT2D eigenvalue weighted by molar-refractivity contribution is 7.92. The molecule has 1 aliphatic heterocycles. The van der Waals surface area contributed by atoms with Gasteiger partial charge in [-0.05, 0) is 68.9 Å². The van der Waals surface area contributed by atoms with Gasteiger partial charge in [-0.3, -0.25) is 4.72 Å². The number of para-hydroxylation sites is 1. The predicted octanol–water partition coefficient (Wildman–Crippen LogP) is 4.13. The molecule has 10 heteroatoms. The van der Waals surface area contributed by atoms with Crippen LogP contribution in [0.25, 0.3) is 11.0 Å². The number of nitrogens with zero attached hydrogens (tertiary/aromatic N) is 5. The van der Waals surface area contributed by atoms with E-state index in [-0.39, 0.29) is 0 Å². The van der Waals surface area contributed by atoms with E-state index in [4.69, 9.17) is 4.98 Å². The Balaban J connectivity index is 1.30. The summed E-state index contributed by atoms with van der Waals surface area (Å²) in [6.07, 6.45) is 7.24. The summed E-state index contributed by atoms with van der Waals surface area (Å²) in [5.74, 6) is 0.509. The fourth-order valence-corrected chi connectivity index (χ4v) is 5.42. The van der Waals surface area contributed by atoms with Crippen molar-refractivity contribution in [2.45, 2.75) is 25.4 Å². The van der Waals surface area contributed by atoms with E-state index >= 15 is 0 Å². The first-order valence-electron chi connectivity index (χ1n) is 12.4. The second-order valence-electron chi connectivity index (χ2n) is 9.80. The van der Waals surface area contributed by atoms with Crippen molar-refractivity contribution in [2.75, 3.05) is 48.4 Å². The minimum Gasteiger partial charge on any atom is -0.371 e. The van der Waals surface area contributed by atoms with Crippen LogP contribution in [0.3, 0.4) is 0 Å². The van der Waals surface area contributed by atoms with E-state index in [2.05, 4.69) is 63.2 Å². The number of rotatable bonds is 8. The molecule has 0 aliphatic carbocycles. The highest BCUT2D eigenvalue weighted by Gasteiger charge is 2.20. The molecule has 0 atom stereocenters. The standard InChI is InChI=1S/C27H33N7O2S/c1-32(2)23-13-16-33(17-14-23)24-10-8-22(9-11-24)29-27-28-18-20-12-15-34(26(20)30-27)19-21-6-4-5-7-25(21)31-37(3,35)36/h4-12,15,18,23,31H,13-14,16-17,19H2,1-3H3,(H,28,29,30). The van der Waals surface area contributed by atoms with Gasteiger partial charge in [0.05, 0.1) is 18.5 Å². The van der Waals surface area contributed by atoms with Crippen LogP contribution >= 0.6 is 0 Å². The first-order valence-corrected chi connectivity index (χ1v) is 14.3. The molecule has 0 spiro atoms. The zero-order valence-corrected chi connectivity index (χ0v) is 22.2. The zero-order chi connectivity index (χ0) is 26.0. The molecule has 1 saturated heterocycles. The van der Waals surface area contributed by atoms with Crippen LogP contribution in [-0.4, -0.2) is 67.3 Å². The van der Waals surface area contributed by atoms with E-state index in [1.807, 2.05) is 35.0 Å². The monoisotopic (exact) mass is 519 g/mol. The SMILES string of the molecule is CN(C)C1CCN(c2ccc(Nc3ncc4ccn(Cc5ccccc5NS(C)(=O)=O)c4n3)cc2)CC1. The number of nitrogens with one attached hydrogen (secondary N) is 2. The molecule has 4 aromatic rings. The van der Waals surface area contributed by atoms with Gasteiger partial charge in [-0.15, -0.1) is 0 Å². The first kappa shape index (κ1) is 25.0. The summed E-state index contributed by atoms with van der Waals surface area (Å²) < 4.78 is 28.2. The van der Waals surface area contributed by atoms with Gasteiger partial charge >= 0.3 is 0 Å². The van der Waals surface area contributed by atoms with E-state index in [0.29, 0.717) is 24.2 Å². The molecule has 1 fully saturated rings. The van der Waals surface area contributed by atoms with Gasteiger partial charge in [0.1, 0.15) is 5.65 Å². The van der Waals surface area contributed by atoms with Gasteiger partial charge in [-0.2, -0.15) is 4.98 Å². The number of sulfonamides is 1. The second-order valence-corrected chi connectivity index (χ2v) is 11.5. The number of anilines is 4. The summed E-state index contributed by atoms with van der Waals surface area (Å²) in [5.41, 5.74) is 4.34. The Morgan fingerprint density at radius 3 is 2.46 bits per heavy atom. The van der Waals surface area contributed by atoms with Crippen LogP contribution in [0.15, 0.2) is 67.0 Å². The second kappa shape index (κ2) is 10.4. The largest absolute Gasteiger partial charge is 0.371 e. The molecule has 2 N–H and O–H groups in total. The van der Waals surface area contributed by atoms with Crippen molar-refractivity contribution in [3.05, 3.63) is 72.6 Å². The Morgan fingerprint density at radius 1 is 1.03 bits per heavy atom. The Bertz CT molecular complexity index is 1470. The molecule has 1 aliphatic rings. The molecule has 37 heavy (non-hydrogen) atoms. The summed E-state index contributed by atoms with van der Waals surface area (Å²) in [5, 5.41) is 4.23. The average molecular weight is 520 g/mol. The van der Waals surface area contributed by atoms with Gasteiger partial charge in [-0.25, -0.2) is 13.4 Å². The van der Waals surface area contributed by atoms with E-state index in [0.717, 1.165) is 41.6 Å². The normalized spacial score (nSPS) is 14.9. The molecule has 0 saturated carbocycles. The third-order valence-electron chi connectivity index (χ3n) is 6.84. The molecule has 194 valence electrons. The Kier molecular flexibility index (Phi) is 7.03. The van der Waals surface area contributed by atoms with Crippen molar-refractivity contribution < 1.29 is 8.42 Å². The highest BCUT2D eigenvalue weighted by atomic mass is 32.2. The number of fused-ring (bicyclic) bond motifs is 1. The molecule has 0 bridgehead atoms. The number of aromatic nitrogens is 3. The summed E-state index contributed by atoms with van der Waals surface area (Å²) in [4.78, 5) is 14.0. The molecule has 9 nitrogen and oxygen atoms in total. The van der Waals surface area contributed by atoms with E-state index < -0.39 is 10.0 Å². The van der Waals surface area contributed by atoms with Crippen LogP contribution < -0.4 is 14.9 Å². The maximum Gasteiger partial charge on any atom is 0.229 e. The molecule has 2 aromatic carbocycles. The minimum absolute atomic E-state index is 0.470. The minimum atomic E-state index is -3.38. The molecule has 5 rings (SSSR count). The quantitative estimate of drug-likeness (QED) is 0.361. The lowest BCUT2D eigenvalue weighted by atomic mass is 10.0. The summed E-state index contributed by atoms with van der Waals surface area (Å²) in [6.45, 7) is 2.60. The smallest absolute Gasteiger partial charge is 0.229 e. The number of benzene rings is 2. The van der Waals surface area contributed by atoms with Crippen molar-refractivity contribution in [1.29, 1.82) is 0 Å². The van der Waals surface area contributed by atoms with Crippen LogP contribution in [0.1, 0.15) is 18.4 Å². The third kappa shape index (κ3) is 6.03. The fourth-order valence-electron chi connectivity index (χ4n) is 4.82. The van der Waals surface area contributed by atoms with Gasteiger partial charge < -0.3 is 19.7 Å². The molecule has 0 radical (unpaired) electrons. The Hall–Kier alpha value is -3.63. The van der Waals surface area contributed by atoms with Gasteiger partial charge in [0.15, 0.2) is 0 Å². The maximum atomic E-state index is 11.8. The molecule has 2 aromatic heterocycles. The first-order chi connectivity index (χ1) is 17.7. The molecular formula is C27H33N7O2S. The van der Waals surface area contributed by atoms with Gasteiger partial charge in [0, 0.05) is 48.3 Å². The third-order valence-corrected chi connectivity index (χ3v) is 7.43. The molecule has 0 amide bonds. The number of hydrogen-bond donors (Lipinski definition) is 2. The maximum absolute atomic E-state index is 11.8. The Morgan fingerprint density at radius 2 is 1.76 bits per heavy atom. The van der Waals surface area contributed by atoms with Gasteiger partial charge in [-0.1, -0.05) is 18.2 Å². The van der Waals surface area contributed by atoms with Crippen molar-refractivity contribution in [3.8, 4) is 0 Å². The van der Waals surface area contributed by atoms with E-state index in [9.17, 15) is 8.42 Å². The van der Waals surface area contributed by atoms with Crippen LogP contribution in [0, 0.1) is 0 Å². The van der Waals surface area contributed by atoms with Crippen molar-refractivity contribution in [3.63, 3.8) is 0 Å². The van der Waals surface area contributed by atoms with Crippen LogP contribution in [0.4, 0.5) is 23.0 Å². The summed E-state index contributed by atoms with van der Waals surface area (Å²) in [7, 11) is 0.939. The van der Waals surface area contributed by atoms with Crippen LogP contribution in [0.5, 0.6) is 0 Å². The van der Waals surface area contributed by atoms with Crippen LogP contribution in [-0.2, 0) is 16.6 Å². The van der Waals surface area contributed by atoms with Gasteiger partial charge in [0.2, 0.25) is 16.0 Å². The van der Waals surface area contributed by atoms with Crippen molar-refractivity contribution >= 4 is 44.1 Å². The molecular weight excluding hydrogens is 486 g/mol. The highest BCUT2D eigenvalue weighted by Crippen LogP contribution is 2.25. The molecule has 3 heterocycles. The Labute approximate surface area is 218 Å². The van der Waals surface area contributed by atoms with Crippen LogP contribution in [0.2, 0.25) is 0 Å². The van der Waals surface area contributed by atoms with E-state index in [1.165, 1.54) is 18.5 Å². The van der Waals surface area contributed by atoms with Crippen molar-refractivity contribution in [2.24, 2.45) is 0 Å². The predicted molar refractivity (Wildman–Crippen MR) is 150 cm³/mol.